The molecule has 2 fully saturated rings. The van der Waals surface area contributed by atoms with Crippen LogP contribution in [0.2, 0.25) is 0 Å². The SMILES string of the molecule is Cc1ccc(-c2ccc(C[C@H](NC(=O)C3CCC(CN)CC3)C(=O)Nc3ccc(-c4nn[nH]n4)cc3)cc2)cc1NC(=O)C1CCOCC1. The van der Waals surface area contributed by atoms with E-state index >= 15 is 0 Å². The fourth-order valence-electron chi connectivity index (χ4n) is 6.58. The molecule has 256 valence electrons. The van der Waals surface area contributed by atoms with Gasteiger partial charge in [0, 0.05) is 48.4 Å². The molecule has 3 amide bonds. The van der Waals surface area contributed by atoms with Gasteiger partial charge < -0.3 is 26.4 Å². The second kappa shape index (κ2) is 16.0. The number of rotatable bonds is 11. The minimum Gasteiger partial charge on any atom is -0.381 e. The number of aromatic amines is 1. The highest BCUT2D eigenvalue weighted by atomic mass is 16.5. The number of tetrazole rings is 1. The molecule has 1 aromatic heterocycles. The number of aryl methyl sites for hydroxylation is 1. The molecule has 1 aliphatic heterocycles. The Balaban J connectivity index is 1.15. The van der Waals surface area contributed by atoms with E-state index in [4.69, 9.17) is 10.5 Å². The van der Waals surface area contributed by atoms with Crippen molar-refractivity contribution in [1.29, 1.82) is 0 Å². The predicted octanol–water partition coefficient (Wildman–Crippen LogP) is 4.64. The molecule has 3 aromatic carbocycles. The molecule has 0 unspecified atom stereocenters. The Morgan fingerprint density at radius 2 is 1.51 bits per heavy atom. The first-order valence-corrected chi connectivity index (χ1v) is 17.1. The Kier molecular flexibility index (Phi) is 11.1. The van der Waals surface area contributed by atoms with Crippen molar-refractivity contribution in [2.24, 2.45) is 23.5 Å². The summed E-state index contributed by atoms with van der Waals surface area (Å²) in [5, 5.41) is 23.2. The van der Waals surface area contributed by atoms with Gasteiger partial charge in [0.05, 0.1) is 0 Å². The third kappa shape index (κ3) is 8.76. The molecule has 4 aromatic rings. The number of amides is 3. The Bertz CT molecular complexity index is 1710. The van der Waals surface area contributed by atoms with Crippen molar-refractivity contribution in [2.75, 3.05) is 30.4 Å². The third-order valence-electron chi connectivity index (χ3n) is 9.75. The number of hydrogen-bond acceptors (Lipinski definition) is 8. The molecule has 1 atom stereocenters. The number of ether oxygens (including phenoxy) is 1. The number of aromatic nitrogens is 4. The summed E-state index contributed by atoms with van der Waals surface area (Å²) >= 11 is 0. The van der Waals surface area contributed by atoms with Gasteiger partial charge in [0.15, 0.2) is 0 Å². The minimum atomic E-state index is -0.783. The smallest absolute Gasteiger partial charge is 0.247 e. The molecular weight excluding hydrogens is 620 g/mol. The number of nitrogens with two attached hydrogens (primary N) is 1. The molecule has 6 N–H and O–H groups in total. The third-order valence-corrected chi connectivity index (χ3v) is 9.75. The first kappa shape index (κ1) is 33.9. The molecule has 2 heterocycles. The maximum Gasteiger partial charge on any atom is 0.247 e. The molecule has 12 heteroatoms. The van der Waals surface area contributed by atoms with Crippen molar-refractivity contribution in [2.45, 2.75) is 57.9 Å². The molecule has 49 heavy (non-hydrogen) atoms. The van der Waals surface area contributed by atoms with Crippen molar-refractivity contribution in [1.82, 2.24) is 25.9 Å². The van der Waals surface area contributed by atoms with Crippen LogP contribution < -0.4 is 21.7 Å². The fraction of sp³-hybridized carbons (Fsp3) is 0.405. The average molecular weight is 665 g/mol. The Labute approximate surface area is 286 Å². The van der Waals surface area contributed by atoms with Crippen LogP contribution in [0, 0.1) is 24.7 Å². The van der Waals surface area contributed by atoms with E-state index in [1.807, 2.05) is 49.4 Å². The molecule has 0 radical (unpaired) electrons. The fourth-order valence-corrected chi connectivity index (χ4v) is 6.58. The number of nitrogens with zero attached hydrogens (tertiary/aromatic N) is 3. The quantitative estimate of drug-likeness (QED) is 0.154. The molecule has 6 rings (SSSR count). The van der Waals surface area contributed by atoms with Gasteiger partial charge in [-0.25, -0.2) is 0 Å². The molecule has 1 saturated heterocycles. The topological polar surface area (TPSA) is 177 Å². The number of H-pyrrole nitrogens is 1. The van der Waals surface area contributed by atoms with E-state index in [1.54, 1.807) is 24.3 Å². The summed E-state index contributed by atoms with van der Waals surface area (Å²) in [6.07, 6.45) is 5.14. The number of benzene rings is 3. The van der Waals surface area contributed by atoms with E-state index in [0.29, 0.717) is 43.6 Å². The van der Waals surface area contributed by atoms with E-state index in [1.165, 1.54) is 0 Å². The molecule has 2 aliphatic rings. The molecule has 0 bridgehead atoms. The van der Waals surface area contributed by atoms with Gasteiger partial charge >= 0.3 is 0 Å². The van der Waals surface area contributed by atoms with Gasteiger partial charge in [-0.05, 0) is 116 Å². The highest BCUT2D eigenvalue weighted by molar-refractivity contribution is 5.98. The zero-order valence-corrected chi connectivity index (χ0v) is 27.8. The summed E-state index contributed by atoms with van der Waals surface area (Å²) in [4.78, 5) is 40.0. The molecular formula is C37H44N8O4. The first-order chi connectivity index (χ1) is 23.9. The monoisotopic (exact) mass is 664 g/mol. The highest BCUT2D eigenvalue weighted by Gasteiger charge is 2.29. The molecule has 0 spiro atoms. The zero-order chi connectivity index (χ0) is 34.2. The van der Waals surface area contributed by atoms with Crippen molar-refractivity contribution >= 4 is 29.1 Å². The lowest BCUT2D eigenvalue weighted by molar-refractivity contribution is -0.130. The van der Waals surface area contributed by atoms with Crippen LogP contribution in [0.5, 0.6) is 0 Å². The first-order valence-electron chi connectivity index (χ1n) is 17.1. The maximum atomic E-state index is 13.7. The predicted molar refractivity (Wildman–Crippen MR) is 187 cm³/mol. The molecule has 1 saturated carbocycles. The van der Waals surface area contributed by atoms with Crippen LogP contribution in [0.1, 0.15) is 49.7 Å². The van der Waals surface area contributed by atoms with Crippen LogP contribution in [0.15, 0.2) is 66.7 Å². The molecule has 1 aliphatic carbocycles. The standard InChI is InChI=1S/C37H44N8O4/c1-23-2-7-30(21-32(23)40-36(47)29-16-18-49-19-17-29)26-8-3-24(4-9-26)20-33(41-35(46)28-10-5-25(22-38)6-11-28)37(48)39-31-14-12-27(13-15-31)34-42-44-45-43-34/h2-4,7-9,12-15,21,25,28-29,33H,5-6,10-11,16-20,22,38H2,1H3,(H,39,48)(H,40,47)(H,41,46)(H,42,43,44,45)/t25?,28?,33-/m0/s1. The van der Waals surface area contributed by atoms with E-state index < -0.39 is 6.04 Å². The van der Waals surface area contributed by atoms with Crippen LogP contribution >= 0.6 is 0 Å². The summed E-state index contributed by atoms with van der Waals surface area (Å²) < 4.78 is 5.41. The number of carbonyl (C=O) groups excluding carboxylic acids is 3. The average Bonchev–Trinajstić information content (AvgIpc) is 3.69. The van der Waals surface area contributed by atoms with Crippen LogP contribution in [0.3, 0.4) is 0 Å². The van der Waals surface area contributed by atoms with Crippen LogP contribution in [-0.2, 0) is 25.5 Å². The summed E-state index contributed by atoms with van der Waals surface area (Å²) in [5.41, 5.74) is 11.9. The largest absolute Gasteiger partial charge is 0.381 e. The van der Waals surface area contributed by atoms with Gasteiger partial charge in [0.1, 0.15) is 6.04 Å². The van der Waals surface area contributed by atoms with E-state index in [9.17, 15) is 14.4 Å². The van der Waals surface area contributed by atoms with Crippen LogP contribution in [-0.4, -0.2) is 64.1 Å². The maximum absolute atomic E-state index is 13.7. The highest BCUT2D eigenvalue weighted by Crippen LogP contribution is 2.30. The number of hydrogen-bond donors (Lipinski definition) is 5. The summed E-state index contributed by atoms with van der Waals surface area (Å²) in [6, 6.07) is 20.4. The van der Waals surface area contributed by atoms with Crippen molar-refractivity contribution in [3.63, 3.8) is 0 Å². The molecule has 12 nitrogen and oxygen atoms in total. The summed E-state index contributed by atoms with van der Waals surface area (Å²) in [5.74, 6) is 0.345. The van der Waals surface area contributed by atoms with Gasteiger partial charge in [-0.2, -0.15) is 5.21 Å². The van der Waals surface area contributed by atoms with Crippen LogP contribution in [0.25, 0.3) is 22.5 Å². The van der Waals surface area contributed by atoms with E-state index in [0.717, 1.165) is 72.0 Å². The number of nitrogens with one attached hydrogen (secondary N) is 4. The van der Waals surface area contributed by atoms with Gasteiger partial charge in [-0.1, -0.05) is 36.4 Å². The number of carbonyl (C=O) groups is 3. The summed E-state index contributed by atoms with van der Waals surface area (Å²) in [7, 11) is 0. The lowest BCUT2D eigenvalue weighted by atomic mass is 9.81. The van der Waals surface area contributed by atoms with Crippen molar-refractivity contribution in [3.8, 4) is 22.5 Å². The Morgan fingerprint density at radius 3 is 2.18 bits per heavy atom. The number of anilines is 2. The van der Waals surface area contributed by atoms with Crippen LogP contribution in [0.4, 0.5) is 11.4 Å². The second-order valence-electron chi connectivity index (χ2n) is 13.1. The lowest BCUT2D eigenvalue weighted by Crippen LogP contribution is -2.48. The van der Waals surface area contributed by atoms with Gasteiger partial charge in [0.2, 0.25) is 23.5 Å². The Morgan fingerprint density at radius 1 is 0.837 bits per heavy atom. The second-order valence-corrected chi connectivity index (χ2v) is 13.1. The summed E-state index contributed by atoms with van der Waals surface area (Å²) in [6.45, 7) is 3.84. The van der Waals surface area contributed by atoms with E-state index in [-0.39, 0.29) is 29.6 Å². The zero-order valence-electron chi connectivity index (χ0n) is 27.8. The van der Waals surface area contributed by atoms with Crippen molar-refractivity contribution in [3.05, 3.63) is 77.9 Å². The lowest BCUT2D eigenvalue weighted by Gasteiger charge is -2.28. The van der Waals surface area contributed by atoms with Gasteiger partial charge in [-0.3, -0.25) is 14.4 Å². The van der Waals surface area contributed by atoms with Gasteiger partial charge in [0.25, 0.3) is 0 Å². The van der Waals surface area contributed by atoms with Crippen molar-refractivity contribution < 1.29 is 19.1 Å². The van der Waals surface area contributed by atoms with E-state index in [2.05, 4.69) is 36.6 Å². The Hall–Kier alpha value is -4.94. The minimum absolute atomic E-state index is 0.0283. The normalized spacial score (nSPS) is 18.7. The van der Waals surface area contributed by atoms with Gasteiger partial charge in [-0.15, -0.1) is 10.2 Å².